The van der Waals surface area contributed by atoms with Gasteiger partial charge in [-0.1, -0.05) is 224 Å². The molecule has 0 bridgehead atoms. The number of anilines is 9. The van der Waals surface area contributed by atoms with E-state index in [4.69, 9.17) is 6.57 Å². The fraction of sp³-hybridized carbons (Fsp3) is 0.0155. The van der Waals surface area contributed by atoms with Crippen molar-refractivity contribution in [2.45, 2.75) is 13.5 Å². The maximum atomic E-state index is 9.86. The Balaban J connectivity index is 0.000000105. The Bertz CT molecular complexity index is 10500. The third-order valence-corrected chi connectivity index (χ3v) is 35.3. The lowest BCUT2D eigenvalue weighted by molar-refractivity contribution is 0.282. The predicted octanol–water partition coefficient (Wildman–Crippen LogP) is 39.3. The second-order valence-electron chi connectivity index (χ2n) is 36.5. The molecular formula is C129H81N7OS6. The molecule has 1 N–H and O–H groups in total. The van der Waals surface area contributed by atoms with E-state index in [-0.39, 0.29) is 6.61 Å². The van der Waals surface area contributed by atoms with E-state index in [1.807, 2.05) is 92.3 Å². The van der Waals surface area contributed by atoms with Crippen LogP contribution in [-0.2, 0) is 6.61 Å². The van der Waals surface area contributed by atoms with Crippen LogP contribution >= 0.6 is 68.0 Å². The predicted molar refractivity (Wildman–Crippen MR) is 621 cm³/mol. The third kappa shape index (κ3) is 14.0. The van der Waals surface area contributed by atoms with Crippen LogP contribution in [0, 0.1) is 13.5 Å². The molecule has 674 valence electrons. The first-order chi connectivity index (χ1) is 70.7. The zero-order valence-corrected chi connectivity index (χ0v) is 81.9. The van der Waals surface area contributed by atoms with Crippen molar-refractivity contribution >= 4 is 311 Å². The van der Waals surface area contributed by atoms with Gasteiger partial charge in [0.15, 0.2) is 5.69 Å². The molecule has 0 saturated carbocycles. The molecule has 0 radical (unpaired) electrons. The van der Waals surface area contributed by atoms with Crippen LogP contribution in [0.3, 0.4) is 0 Å². The molecule has 30 rings (SSSR count). The largest absolute Gasteiger partial charge is 0.392 e. The summed E-state index contributed by atoms with van der Waals surface area (Å²) in [5, 5.41) is 32.6. The molecule has 0 atom stereocenters. The van der Waals surface area contributed by atoms with Gasteiger partial charge < -0.3 is 33.5 Å². The van der Waals surface area contributed by atoms with Crippen molar-refractivity contribution in [2.75, 3.05) is 14.7 Å². The van der Waals surface area contributed by atoms with Crippen molar-refractivity contribution < 1.29 is 5.11 Å². The normalized spacial score (nSPS) is 11.9. The minimum absolute atomic E-state index is 0.0139. The van der Waals surface area contributed by atoms with E-state index in [0.29, 0.717) is 5.69 Å². The lowest BCUT2D eigenvalue weighted by Crippen LogP contribution is -2.10. The highest BCUT2D eigenvalue weighted by molar-refractivity contribution is 7.28. The Morgan fingerprint density at radius 1 is 0.217 bits per heavy atom. The van der Waals surface area contributed by atoms with E-state index in [9.17, 15) is 5.11 Å². The Morgan fingerprint density at radius 3 is 0.734 bits per heavy atom. The summed E-state index contributed by atoms with van der Waals surface area (Å²) in [4.78, 5) is 10.9. The Hall–Kier alpha value is -16.8. The third-order valence-electron chi connectivity index (χ3n) is 28.4. The minimum Gasteiger partial charge on any atom is -0.392 e. The fourth-order valence-electron chi connectivity index (χ4n) is 21.9. The molecule has 0 fully saturated rings. The number of aromatic nitrogens is 3. The SMILES string of the molecule is Cc1ccc(N(c2ccc3sc4ccccc4c3c2)c2cccc3c2c2ccccc2n3-c2ccc3sc4ccccc4c3c2)cc1.OCc1ccc(N(c2ccc3sc4ccccc4c3c2)c2cccc3c2c2ccccc2n3-c2ccc3sc4ccccc4c3c2)cc1.[C-]#[N+]c1ccc(N(c2ccc3sc4ccccc4c3c2)c2cccc3c2c2ccccc2n3-c2ccc3sc4ccccc4c3c2)cc1. The molecule has 0 aliphatic carbocycles. The summed E-state index contributed by atoms with van der Waals surface area (Å²) in [6, 6.07) is 165. The molecule has 30 aromatic rings. The highest BCUT2D eigenvalue weighted by Gasteiger charge is 2.29. The zero-order chi connectivity index (χ0) is 94.6. The van der Waals surface area contributed by atoms with E-state index in [1.54, 1.807) is 0 Å². The summed E-state index contributed by atoms with van der Waals surface area (Å²) in [6.07, 6.45) is 0. The van der Waals surface area contributed by atoms with Crippen molar-refractivity contribution in [3.8, 4) is 17.1 Å². The molecule has 0 aliphatic rings. The smallest absolute Gasteiger partial charge is 0.187 e. The molecule has 0 spiro atoms. The summed E-state index contributed by atoms with van der Waals surface area (Å²) >= 11 is 11.1. The van der Waals surface area contributed by atoms with Crippen molar-refractivity contribution in [3.63, 3.8) is 0 Å². The van der Waals surface area contributed by atoms with Gasteiger partial charge in [-0.05, 0) is 249 Å². The molecule has 8 nitrogen and oxygen atoms in total. The number of nitrogens with zero attached hydrogens (tertiary/aromatic N) is 7. The van der Waals surface area contributed by atoms with Crippen LogP contribution in [0.2, 0.25) is 0 Å². The van der Waals surface area contributed by atoms with Crippen LogP contribution in [0.4, 0.5) is 56.9 Å². The average molecular weight is 1940 g/mol. The highest BCUT2D eigenvalue weighted by atomic mass is 32.1. The molecule has 9 heterocycles. The van der Waals surface area contributed by atoms with Gasteiger partial charge in [0.05, 0.1) is 63.3 Å². The Morgan fingerprint density at radius 2 is 0.448 bits per heavy atom. The lowest BCUT2D eigenvalue weighted by atomic mass is 10.1. The van der Waals surface area contributed by atoms with Crippen LogP contribution in [0.5, 0.6) is 0 Å². The molecule has 21 aromatic carbocycles. The second-order valence-corrected chi connectivity index (χ2v) is 43.0. The molecule has 14 heteroatoms. The molecule has 9 aromatic heterocycles. The number of hydrogen-bond acceptors (Lipinski definition) is 10. The van der Waals surface area contributed by atoms with Gasteiger partial charge >= 0.3 is 0 Å². The summed E-state index contributed by atoms with van der Waals surface area (Å²) < 4.78 is 22.9. The summed E-state index contributed by atoms with van der Waals surface area (Å²) in [7, 11) is 0. The van der Waals surface area contributed by atoms with Gasteiger partial charge in [0.2, 0.25) is 0 Å². The van der Waals surface area contributed by atoms with Gasteiger partial charge in [-0.3, -0.25) is 0 Å². The second kappa shape index (κ2) is 34.3. The van der Waals surface area contributed by atoms with Gasteiger partial charge in [-0.25, -0.2) is 4.85 Å². The summed E-state index contributed by atoms with van der Waals surface area (Å²) in [5.41, 5.74) is 23.2. The van der Waals surface area contributed by atoms with E-state index >= 15 is 0 Å². The van der Waals surface area contributed by atoms with Gasteiger partial charge in [-0.15, -0.1) is 68.0 Å². The first kappa shape index (κ1) is 84.3. The van der Waals surface area contributed by atoms with Crippen molar-refractivity contribution in [2.24, 2.45) is 0 Å². The molecule has 0 amide bonds. The number of para-hydroxylation sites is 3. The highest BCUT2D eigenvalue weighted by Crippen LogP contribution is 2.53. The van der Waals surface area contributed by atoms with Gasteiger partial charge in [0.25, 0.3) is 0 Å². The maximum Gasteiger partial charge on any atom is 0.187 e. The summed E-state index contributed by atoms with van der Waals surface area (Å²) in [6.45, 7) is 9.74. The van der Waals surface area contributed by atoms with Crippen LogP contribution in [0.15, 0.2) is 455 Å². The Labute approximate surface area is 845 Å². The monoisotopic (exact) mass is 1940 g/mol. The number of hydrogen-bond donors (Lipinski definition) is 1. The van der Waals surface area contributed by atoms with Crippen LogP contribution in [-0.4, -0.2) is 18.8 Å². The van der Waals surface area contributed by atoms with Crippen LogP contribution < -0.4 is 14.7 Å². The minimum atomic E-state index is 0.0139. The number of aryl methyl sites for hydroxylation is 1. The molecule has 0 aliphatic heterocycles. The standard InChI is InChI=1S/C43H25N3S2.C43H28N2OS2.C43H28N2S2/c1-44-27-17-19-28(20-18-27)45(29-21-23-41-34(25-29)31-9-3-6-15-39(31)47-41)37-13-8-14-38-43(37)33-11-2-5-12-36(33)46(38)30-22-24-42-35(26-30)32-10-4-7-16-40(32)48-42;46-26-27-16-18-28(19-17-27)44(29-20-22-41-34(24-29)31-8-2-5-14-39(31)47-41)37-12-7-13-38-43(37)33-10-1-4-11-36(33)45(38)30-21-23-42-35(25-30)32-9-3-6-15-40(32)48-42;1-27-17-19-28(20-18-27)44(29-21-23-41-34(25-29)31-9-3-6-15-39(31)46-41)37-13-8-14-38-43(37)33-11-2-5-12-36(33)45(38)30-22-24-42-35(26-30)32-10-4-7-16-40(32)47-42/h2-26H;1-25,46H,26H2;2-26H,1H3. The van der Waals surface area contributed by atoms with Crippen LogP contribution in [0.1, 0.15) is 11.1 Å². The number of aliphatic hydroxyl groups excluding tert-OH is 1. The van der Waals surface area contributed by atoms with E-state index in [2.05, 4.69) is 471 Å². The van der Waals surface area contributed by atoms with E-state index < -0.39 is 0 Å². The number of fused-ring (bicyclic) bond motifs is 27. The summed E-state index contributed by atoms with van der Waals surface area (Å²) in [5.74, 6) is 0. The van der Waals surface area contributed by atoms with Crippen LogP contribution in [0.25, 0.3) is 208 Å². The molecule has 0 saturated heterocycles. The van der Waals surface area contributed by atoms with E-state index in [0.717, 1.165) is 73.5 Å². The Kier molecular flexibility index (Phi) is 20.2. The van der Waals surface area contributed by atoms with Crippen molar-refractivity contribution in [3.05, 3.63) is 478 Å². The number of aliphatic hydroxyl groups is 1. The lowest BCUT2D eigenvalue weighted by Gasteiger charge is -2.27. The molecule has 0 unspecified atom stereocenters. The first-order valence-electron chi connectivity index (χ1n) is 47.9. The topological polar surface area (TPSA) is 49.1 Å². The van der Waals surface area contributed by atoms with Crippen molar-refractivity contribution in [1.82, 2.24) is 13.7 Å². The van der Waals surface area contributed by atoms with Gasteiger partial charge in [0.1, 0.15) is 0 Å². The maximum absolute atomic E-state index is 9.86. The van der Waals surface area contributed by atoms with Gasteiger partial charge in [-0.2, -0.15) is 0 Å². The first-order valence-corrected chi connectivity index (χ1v) is 52.8. The fourth-order valence-corrected chi connectivity index (χ4v) is 28.4. The quantitative estimate of drug-likeness (QED) is 0.117. The average Bonchev–Trinajstić information content (AvgIpc) is 1.57. The molecular weight excluding hydrogens is 1860 g/mol. The number of thiophene rings is 6. The van der Waals surface area contributed by atoms with E-state index in [1.165, 1.54) is 192 Å². The van der Waals surface area contributed by atoms with Gasteiger partial charge in [0, 0.05) is 205 Å². The molecule has 143 heavy (non-hydrogen) atoms. The zero-order valence-electron chi connectivity index (χ0n) is 77.0. The number of rotatable bonds is 13. The number of benzene rings is 21. The van der Waals surface area contributed by atoms with Crippen molar-refractivity contribution in [1.29, 1.82) is 0 Å².